The van der Waals surface area contributed by atoms with Crippen LogP contribution in [-0.2, 0) is 11.2 Å². The number of hydrogen-bond acceptors (Lipinski definition) is 4. The van der Waals surface area contributed by atoms with Crippen LogP contribution >= 0.6 is 0 Å². The summed E-state index contributed by atoms with van der Waals surface area (Å²) in [7, 11) is 0. The summed E-state index contributed by atoms with van der Waals surface area (Å²) >= 11 is 0. The standard InChI is InChI=1S/C15H23N3O2/c1-11-13(12(2)20-17-11)9-14(19)18-7-4-15(5-8-18)3-6-16-10-15/h16H,3-10H2,1-2H3. The number of carbonyl (C=O) groups is 1. The molecule has 5 heteroatoms. The monoisotopic (exact) mass is 277 g/mol. The number of aromatic nitrogens is 1. The molecule has 1 N–H and O–H groups in total. The van der Waals surface area contributed by atoms with Gasteiger partial charge >= 0.3 is 0 Å². The van der Waals surface area contributed by atoms with Gasteiger partial charge in [-0.05, 0) is 45.1 Å². The SMILES string of the molecule is Cc1noc(C)c1CC(=O)N1CCC2(CCNC2)CC1. The quantitative estimate of drug-likeness (QED) is 0.888. The highest BCUT2D eigenvalue weighted by Crippen LogP contribution is 2.37. The fourth-order valence-electron chi connectivity index (χ4n) is 3.47. The maximum absolute atomic E-state index is 12.4. The van der Waals surface area contributed by atoms with E-state index in [1.165, 1.54) is 6.42 Å². The van der Waals surface area contributed by atoms with Crippen molar-refractivity contribution in [2.45, 2.75) is 39.5 Å². The van der Waals surface area contributed by atoms with Crippen molar-refractivity contribution in [3.05, 3.63) is 17.0 Å². The molecule has 3 heterocycles. The first-order valence-corrected chi connectivity index (χ1v) is 7.50. The highest BCUT2D eigenvalue weighted by Gasteiger charge is 2.38. The molecule has 1 aromatic heterocycles. The van der Waals surface area contributed by atoms with Gasteiger partial charge in [0.25, 0.3) is 0 Å². The van der Waals surface area contributed by atoms with E-state index in [4.69, 9.17) is 4.52 Å². The molecule has 1 aromatic rings. The summed E-state index contributed by atoms with van der Waals surface area (Å²) in [6.45, 7) is 7.81. The Labute approximate surface area is 119 Å². The van der Waals surface area contributed by atoms with Crippen LogP contribution < -0.4 is 5.32 Å². The van der Waals surface area contributed by atoms with E-state index >= 15 is 0 Å². The average molecular weight is 277 g/mol. The summed E-state index contributed by atoms with van der Waals surface area (Å²) in [5.74, 6) is 0.976. The number of amides is 1. The zero-order chi connectivity index (χ0) is 14.2. The highest BCUT2D eigenvalue weighted by molar-refractivity contribution is 5.79. The van der Waals surface area contributed by atoms with Gasteiger partial charge in [0.2, 0.25) is 5.91 Å². The Hall–Kier alpha value is -1.36. The van der Waals surface area contributed by atoms with Gasteiger partial charge in [-0.25, -0.2) is 0 Å². The molecule has 1 amide bonds. The van der Waals surface area contributed by atoms with E-state index in [1.807, 2.05) is 18.7 Å². The van der Waals surface area contributed by atoms with Gasteiger partial charge in [-0.1, -0.05) is 5.16 Å². The van der Waals surface area contributed by atoms with E-state index in [1.54, 1.807) is 0 Å². The molecule has 1 spiro atoms. The second-order valence-corrected chi connectivity index (χ2v) is 6.29. The molecular formula is C15H23N3O2. The van der Waals surface area contributed by atoms with Crippen molar-refractivity contribution >= 4 is 5.91 Å². The maximum atomic E-state index is 12.4. The first kappa shape index (κ1) is 13.6. The van der Waals surface area contributed by atoms with Crippen molar-refractivity contribution in [2.24, 2.45) is 5.41 Å². The molecule has 3 rings (SSSR count). The molecule has 5 nitrogen and oxygen atoms in total. The van der Waals surface area contributed by atoms with E-state index < -0.39 is 0 Å². The Kier molecular flexibility index (Phi) is 3.54. The van der Waals surface area contributed by atoms with E-state index in [2.05, 4.69) is 10.5 Å². The molecule has 0 aliphatic carbocycles. The summed E-state index contributed by atoms with van der Waals surface area (Å²) in [4.78, 5) is 14.4. The second kappa shape index (κ2) is 5.20. The van der Waals surface area contributed by atoms with Crippen molar-refractivity contribution < 1.29 is 9.32 Å². The maximum Gasteiger partial charge on any atom is 0.227 e. The third-order valence-corrected chi connectivity index (χ3v) is 5.02. The number of likely N-dealkylation sites (tertiary alicyclic amines) is 1. The van der Waals surface area contributed by atoms with Crippen LogP contribution in [-0.4, -0.2) is 42.1 Å². The van der Waals surface area contributed by atoms with Crippen molar-refractivity contribution in [1.29, 1.82) is 0 Å². The van der Waals surface area contributed by atoms with Gasteiger partial charge in [-0.2, -0.15) is 0 Å². The second-order valence-electron chi connectivity index (χ2n) is 6.29. The molecule has 2 aliphatic heterocycles. The lowest BCUT2D eigenvalue weighted by Crippen LogP contribution is -2.44. The van der Waals surface area contributed by atoms with Gasteiger partial charge in [-0.15, -0.1) is 0 Å². The minimum atomic E-state index is 0.209. The third-order valence-electron chi connectivity index (χ3n) is 5.02. The molecule has 0 saturated carbocycles. The van der Waals surface area contributed by atoms with Crippen LogP contribution in [0.1, 0.15) is 36.3 Å². The van der Waals surface area contributed by atoms with Crippen LogP contribution in [0.2, 0.25) is 0 Å². The number of piperidine rings is 1. The Balaban J connectivity index is 1.59. The molecule has 2 saturated heterocycles. The number of nitrogens with zero attached hydrogens (tertiary/aromatic N) is 2. The molecule has 0 atom stereocenters. The van der Waals surface area contributed by atoms with Crippen LogP contribution in [0.25, 0.3) is 0 Å². The van der Waals surface area contributed by atoms with E-state index in [0.29, 0.717) is 11.8 Å². The van der Waals surface area contributed by atoms with Gasteiger partial charge < -0.3 is 14.7 Å². The van der Waals surface area contributed by atoms with Crippen LogP contribution in [0.15, 0.2) is 4.52 Å². The summed E-state index contributed by atoms with van der Waals surface area (Å²) in [6.07, 6.45) is 3.95. The normalized spacial score (nSPS) is 21.6. The van der Waals surface area contributed by atoms with Gasteiger partial charge in [0.05, 0.1) is 12.1 Å². The number of hydrogen-bond donors (Lipinski definition) is 1. The van der Waals surface area contributed by atoms with Crippen LogP contribution in [0.3, 0.4) is 0 Å². The fraction of sp³-hybridized carbons (Fsp3) is 0.733. The molecule has 20 heavy (non-hydrogen) atoms. The van der Waals surface area contributed by atoms with Crippen molar-refractivity contribution in [3.8, 4) is 0 Å². The topological polar surface area (TPSA) is 58.4 Å². The molecule has 0 radical (unpaired) electrons. The Bertz CT molecular complexity index is 474. The van der Waals surface area contributed by atoms with Gasteiger partial charge in [0, 0.05) is 25.2 Å². The summed E-state index contributed by atoms with van der Waals surface area (Å²) in [6, 6.07) is 0. The summed E-state index contributed by atoms with van der Waals surface area (Å²) < 4.78 is 5.13. The molecule has 2 fully saturated rings. The van der Waals surface area contributed by atoms with Gasteiger partial charge in [0.1, 0.15) is 5.76 Å². The molecule has 0 aromatic carbocycles. The van der Waals surface area contributed by atoms with Crippen molar-refractivity contribution in [2.75, 3.05) is 26.2 Å². The van der Waals surface area contributed by atoms with Gasteiger partial charge in [0.15, 0.2) is 0 Å². The number of nitrogens with one attached hydrogen (secondary N) is 1. The van der Waals surface area contributed by atoms with Crippen LogP contribution in [0.4, 0.5) is 0 Å². The predicted molar refractivity (Wildman–Crippen MR) is 75.4 cm³/mol. The van der Waals surface area contributed by atoms with E-state index in [0.717, 1.165) is 56.0 Å². The number of rotatable bonds is 2. The lowest BCUT2D eigenvalue weighted by Gasteiger charge is -2.39. The van der Waals surface area contributed by atoms with Crippen LogP contribution in [0.5, 0.6) is 0 Å². The average Bonchev–Trinajstić information content (AvgIpc) is 3.02. The van der Waals surface area contributed by atoms with Crippen molar-refractivity contribution in [1.82, 2.24) is 15.4 Å². The highest BCUT2D eigenvalue weighted by atomic mass is 16.5. The molecule has 2 aliphatic rings. The smallest absolute Gasteiger partial charge is 0.227 e. The molecule has 110 valence electrons. The first-order valence-electron chi connectivity index (χ1n) is 7.50. The summed E-state index contributed by atoms with van der Waals surface area (Å²) in [5, 5.41) is 7.37. The Morgan fingerprint density at radius 1 is 1.35 bits per heavy atom. The minimum absolute atomic E-state index is 0.209. The Morgan fingerprint density at radius 2 is 2.10 bits per heavy atom. The number of carbonyl (C=O) groups excluding carboxylic acids is 1. The predicted octanol–water partition coefficient (Wildman–Crippen LogP) is 1.44. The number of aryl methyl sites for hydroxylation is 2. The van der Waals surface area contributed by atoms with Crippen LogP contribution in [0, 0.1) is 19.3 Å². The third kappa shape index (κ3) is 2.46. The van der Waals surface area contributed by atoms with Gasteiger partial charge in [-0.3, -0.25) is 4.79 Å². The zero-order valence-corrected chi connectivity index (χ0v) is 12.4. The van der Waals surface area contributed by atoms with E-state index in [-0.39, 0.29) is 5.91 Å². The van der Waals surface area contributed by atoms with E-state index in [9.17, 15) is 4.79 Å². The zero-order valence-electron chi connectivity index (χ0n) is 12.4. The molecular weight excluding hydrogens is 254 g/mol. The van der Waals surface area contributed by atoms with Crippen molar-refractivity contribution in [3.63, 3.8) is 0 Å². The molecule has 0 bridgehead atoms. The summed E-state index contributed by atoms with van der Waals surface area (Å²) in [5.41, 5.74) is 2.25. The Morgan fingerprint density at radius 3 is 2.65 bits per heavy atom. The largest absolute Gasteiger partial charge is 0.361 e. The minimum Gasteiger partial charge on any atom is -0.361 e. The molecule has 0 unspecified atom stereocenters. The first-order chi connectivity index (χ1) is 9.60. The lowest BCUT2D eigenvalue weighted by atomic mass is 9.78. The fourth-order valence-corrected chi connectivity index (χ4v) is 3.47. The lowest BCUT2D eigenvalue weighted by molar-refractivity contribution is -0.132.